The van der Waals surface area contributed by atoms with E-state index in [1.807, 2.05) is 0 Å². The zero-order chi connectivity index (χ0) is 14.2. The highest BCUT2D eigenvalue weighted by Gasteiger charge is 2.15. The van der Waals surface area contributed by atoms with Crippen molar-refractivity contribution in [2.24, 2.45) is 0 Å². The van der Waals surface area contributed by atoms with Crippen LogP contribution in [0.15, 0.2) is 43.5 Å². The zero-order valence-corrected chi connectivity index (χ0v) is 14.5. The summed E-state index contributed by atoms with van der Waals surface area (Å²) in [5.74, 6) is -0.128. The van der Waals surface area contributed by atoms with E-state index in [-0.39, 0.29) is 10.7 Å². The first-order valence-electron chi connectivity index (χ1n) is 5.08. The summed E-state index contributed by atoms with van der Waals surface area (Å²) in [5.41, 5.74) is 0.466. The average Bonchev–Trinajstić information content (AvgIpc) is 2.68. The Morgan fingerprint density at radius 1 is 1.16 bits per heavy atom. The predicted octanol–water partition coefficient (Wildman–Crippen LogP) is 3.91. The molecule has 0 amide bonds. The molecule has 0 N–H and O–H groups in total. The number of ketones is 1. The molecule has 19 heavy (non-hydrogen) atoms. The van der Waals surface area contributed by atoms with Crippen LogP contribution in [0.3, 0.4) is 0 Å². The molecule has 1 heterocycles. The zero-order valence-electron chi connectivity index (χ0n) is 9.68. The lowest BCUT2D eigenvalue weighted by atomic mass is 10.1. The first-order valence-corrected chi connectivity index (χ1v) is 9.38. The van der Waals surface area contributed by atoms with Gasteiger partial charge < -0.3 is 0 Å². The molecule has 7 heteroatoms. The van der Waals surface area contributed by atoms with E-state index in [2.05, 4.69) is 31.9 Å². The van der Waals surface area contributed by atoms with E-state index in [1.165, 1.54) is 35.6 Å². The second-order valence-electron chi connectivity index (χ2n) is 3.86. The van der Waals surface area contributed by atoms with Crippen LogP contribution in [0.4, 0.5) is 0 Å². The number of carbonyl (C=O) groups is 1. The number of hydrogen-bond acceptors (Lipinski definition) is 4. The maximum absolute atomic E-state index is 12.2. The van der Waals surface area contributed by atoms with Crippen molar-refractivity contribution in [3.8, 4) is 0 Å². The van der Waals surface area contributed by atoms with Gasteiger partial charge in [0, 0.05) is 16.3 Å². The standard InChI is InChI=1S/C12H8Br2O3S2/c1-19(16,17)8-4-2-7(3-5-8)11(15)10-6-9(13)12(14)18-10/h2-6H,1H3. The summed E-state index contributed by atoms with van der Waals surface area (Å²) < 4.78 is 24.4. The highest BCUT2D eigenvalue weighted by atomic mass is 79.9. The lowest BCUT2D eigenvalue weighted by Gasteiger charge is -2.00. The molecule has 0 saturated carbocycles. The third kappa shape index (κ3) is 3.34. The van der Waals surface area contributed by atoms with Gasteiger partial charge in [-0.05, 0) is 62.2 Å². The number of carbonyl (C=O) groups excluding carboxylic acids is 1. The van der Waals surface area contributed by atoms with E-state index in [9.17, 15) is 13.2 Å². The summed E-state index contributed by atoms with van der Waals surface area (Å²) >= 11 is 7.99. The van der Waals surface area contributed by atoms with Gasteiger partial charge in [-0.25, -0.2) is 8.42 Å². The summed E-state index contributed by atoms with van der Waals surface area (Å²) in [4.78, 5) is 13.0. The molecule has 0 bridgehead atoms. The molecule has 1 aromatic carbocycles. The number of hydrogen-bond donors (Lipinski definition) is 0. The van der Waals surface area contributed by atoms with Gasteiger partial charge in [0.15, 0.2) is 9.84 Å². The molecule has 2 rings (SSSR count). The highest BCUT2D eigenvalue weighted by Crippen LogP contribution is 2.33. The minimum atomic E-state index is -3.24. The van der Waals surface area contributed by atoms with Crippen LogP contribution in [0.5, 0.6) is 0 Å². The fourth-order valence-electron chi connectivity index (χ4n) is 1.45. The molecule has 2 aromatic rings. The summed E-state index contributed by atoms with van der Waals surface area (Å²) in [6.45, 7) is 0. The number of halogens is 2. The molecule has 0 radical (unpaired) electrons. The van der Waals surface area contributed by atoms with Crippen LogP contribution in [-0.4, -0.2) is 20.5 Å². The Bertz CT molecular complexity index is 711. The molecule has 100 valence electrons. The van der Waals surface area contributed by atoms with Crippen LogP contribution >= 0.6 is 43.2 Å². The van der Waals surface area contributed by atoms with E-state index in [0.29, 0.717) is 10.4 Å². The van der Waals surface area contributed by atoms with Crippen molar-refractivity contribution >= 4 is 58.8 Å². The van der Waals surface area contributed by atoms with Crippen molar-refractivity contribution in [3.63, 3.8) is 0 Å². The molecule has 0 fully saturated rings. The topological polar surface area (TPSA) is 51.2 Å². The molecular formula is C12H8Br2O3S2. The summed E-state index contributed by atoms with van der Waals surface area (Å²) in [6.07, 6.45) is 1.14. The Balaban J connectivity index is 2.35. The van der Waals surface area contributed by atoms with Crippen molar-refractivity contribution in [1.82, 2.24) is 0 Å². The smallest absolute Gasteiger partial charge is 0.203 e. The monoisotopic (exact) mass is 422 g/mol. The summed E-state index contributed by atoms with van der Waals surface area (Å²) in [6, 6.07) is 7.68. The molecule has 1 aromatic heterocycles. The van der Waals surface area contributed by atoms with Gasteiger partial charge in [-0.1, -0.05) is 0 Å². The fourth-order valence-corrected chi connectivity index (χ4v) is 4.08. The van der Waals surface area contributed by atoms with E-state index in [4.69, 9.17) is 0 Å². The molecule has 0 aliphatic rings. The molecule has 0 spiro atoms. The SMILES string of the molecule is CS(=O)(=O)c1ccc(C(=O)c2cc(Br)c(Br)s2)cc1. The Kier molecular flexibility index (Phi) is 4.29. The number of rotatable bonds is 3. The fraction of sp³-hybridized carbons (Fsp3) is 0.0833. The molecule has 3 nitrogen and oxygen atoms in total. The maximum atomic E-state index is 12.2. The molecule has 0 aliphatic carbocycles. The summed E-state index contributed by atoms with van der Waals surface area (Å²) in [5, 5.41) is 0. The third-order valence-corrected chi connectivity index (χ3v) is 6.80. The number of benzene rings is 1. The van der Waals surface area contributed by atoms with Crippen molar-refractivity contribution in [3.05, 3.63) is 49.0 Å². The van der Waals surface area contributed by atoms with Crippen LogP contribution in [0.2, 0.25) is 0 Å². The number of sulfone groups is 1. The molecule has 0 saturated heterocycles. The number of thiophene rings is 1. The Labute approximate surface area is 131 Å². The minimum Gasteiger partial charge on any atom is -0.288 e. The first-order chi connectivity index (χ1) is 8.79. The lowest BCUT2D eigenvalue weighted by Crippen LogP contribution is -2.01. The van der Waals surface area contributed by atoms with Gasteiger partial charge in [0.2, 0.25) is 5.78 Å². The third-order valence-electron chi connectivity index (χ3n) is 2.41. The normalized spacial score (nSPS) is 11.5. The van der Waals surface area contributed by atoms with Crippen LogP contribution in [0, 0.1) is 0 Å². The van der Waals surface area contributed by atoms with Gasteiger partial charge in [0.25, 0.3) is 0 Å². The second kappa shape index (κ2) is 5.47. The minimum absolute atomic E-state index is 0.128. The van der Waals surface area contributed by atoms with Crippen LogP contribution in [0.1, 0.15) is 15.2 Å². The van der Waals surface area contributed by atoms with Gasteiger partial charge in [-0.3, -0.25) is 4.79 Å². The van der Waals surface area contributed by atoms with Gasteiger partial charge in [0.05, 0.1) is 13.6 Å². The predicted molar refractivity (Wildman–Crippen MR) is 82.7 cm³/mol. The quantitative estimate of drug-likeness (QED) is 0.703. The second-order valence-corrected chi connectivity index (χ2v) is 9.10. The van der Waals surface area contributed by atoms with Crippen LogP contribution in [-0.2, 0) is 9.84 Å². The van der Waals surface area contributed by atoms with Gasteiger partial charge in [-0.15, -0.1) is 11.3 Å². The van der Waals surface area contributed by atoms with E-state index in [0.717, 1.165) is 14.5 Å². The van der Waals surface area contributed by atoms with Crippen LogP contribution < -0.4 is 0 Å². The van der Waals surface area contributed by atoms with E-state index in [1.54, 1.807) is 6.07 Å². The first kappa shape index (κ1) is 14.9. The van der Waals surface area contributed by atoms with Crippen LogP contribution in [0.25, 0.3) is 0 Å². The molecule has 0 atom stereocenters. The maximum Gasteiger partial charge on any atom is 0.203 e. The Hall–Kier alpha value is -0.500. The van der Waals surface area contributed by atoms with Crippen molar-refractivity contribution < 1.29 is 13.2 Å². The Morgan fingerprint density at radius 3 is 2.16 bits per heavy atom. The molecular weight excluding hydrogens is 416 g/mol. The van der Waals surface area contributed by atoms with E-state index < -0.39 is 9.84 Å². The van der Waals surface area contributed by atoms with E-state index >= 15 is 0 Å². The van der Waals surface area contributed by atoms with Crippen molar-refractivity contribution in [2.45, 2.75) is 4.90 Å². The summed E-state index contributed by atoms with van der Waals surface area (Å²) in [7, 11) is -3.24. The van der Waals surface area contributed by atoms with Gasteiger partial charge >= 0.3 is 0 Å². The van der Waals surface area contributed by atoms with Gasteiger partial charge in [0.1, 0.15) is 0 Å². The van der Waals surface area contributed by atoms with Gasteiger partial charge in [-0.2, -0.15) is 0 Å². The Morgan fingerprint density at radius 2 is 1.74 bits per heavy atom. The largest absolute Gasteiger partial charge is 0.288 e. The molecule has 0 aliphatic heterocycles. The lowest BCUT2D eigenvalue weighted by molar-refractivity contribution is 0.104. The average molecular weight is 424 g/mol. The van der Waals surface area contributed by atoms with Crippen molar-refractivity contribution in [2.75, 3.05) is 6.26 Å². The van der Waals surface area contributed by atoms with Crippen molar-refractivity contribution in [1.29, 1.82) is 0 Å². The highest BCUT2D eigenvalue weighted by molar-refractivity contribution is 9.13. The molecule has 0 unspecified atom stereocenters.